The molecule has 0 aliphatic heterocycles. The number of furan rings is 1. The molecular formula is C21H21ClN4O. The third-order valence-corrected chi connectivity index (χ3v) is 4.15. The monoisotopic (exact) mass is 380 g/mol. The smallest absolute Gasteiger partial charge is 0.154 e. The highest BCUT2D eigenvalue weighted by molar-refractivity contribution is 5.85. The van der Waals surface area contributed by atoms with Gasteiger partial charge in [-0.2, -0.15) is 5.10 Å². The number of hydrogen-bond acceptors (Lipinski definition) is 4. The second-order valence-corrected chi connectivity index (χ2v) is 6.16. The third-order valence-electron chi connectivity index (χ3n) is 4.15. The molecule has 3 heterocycles. The molecule has 0 saturated heterocycles. The van der Waals surface area contributed by atoms with Crippen LogP contribution in [0.1, 0.15) is 16.9 Å². The van der Waals surface area contributed by atoms with E-state index in [-0.39, 0.29) is 12.4 Å². The van der Waals surface area contributed by atoms with Gasteiger partial charge in [0, 0.05) is 37.2 Å². The highest BCUT2D eigenvalue weighted by atomic mass is 35.5. The number of nitrogens with one attached hydrogen (secondary N) is 1. The van der Waals surface area contributed by atoms with Crippen LogP contribution in [0.4, 0.5) is 0 Å². The van der Waals surface area contributed by atoms with Crippen LogP contribution in [0.25, 0.3) is 17.1 Å². The maximum atomic E-state index is 5.81. The van der Waals surface area contributed by atoms with Crippen molar-refractivity contribution in [2.45, 2.75) is 20.0 Å². The van der Waals surface area contributed by atoms with Gasteiger partial charge in [-0.1, -0.05) is 24.3 Å². The van der Waals surface area contributed by atoms with Crippen molar-refractivity contribution in [1.29, 1.82) is 0 Å². The minimum absolute atomic E-state index is 0. The van der Waals surface area contributed by atoms with E-state index in [1.807, 2.05) is 66.3 Å². The number of halogens is 1. The fourth-order valence-corrected chi connectivity index (χ4v) is 2.87. The van der Waals surface area contributed by atoms with Gasteiger partial charge in [0.1, 0.15) is 11.5 Å². The molecule has 1 aromatic carbocycles. The molecule has 0 spiro atoms. The van der Waals surface area contributed by atoms with Gasteiger partial charge < -0.3 is 9.73 Å². The summed E-state index contributed by atoms with van der Waals surface area (Å²) in [4.78, 5) is 4.15. The van der Waals surface area contributed by atoms with E-state index in [1.54, 1.807) is 6.20 Å². The zero-order chi connectivity index (χ0) is 17.8. The summed E-state index contributed by atoms with van der Waals surface area (Å²) in [6, 6.07) is 18.0. The van der Waals surface area contributed by atoms with Gasteiger partial charge in [0.05, 0.1) is 5.69 Å². The number of pyridine rings is 1. The Hall–Kier alpha value is -2.89. The Morgan fingerprint density at radius 3 is 2.56 bits per heavy atom. The summed E-state index contributed by atoms with van der Waals surface area (Å²) in [6.07, 6.45) is 5.71. The number of benzene rings is 1. The molecule has 0 unspecified atom stereocenters. The van der Waals surface area contributed by atoms with Gasteiger partial charge in [0.2, 0.25) is 0 Å². The summed E-state index contributed by atoms with van der Waals surface area (Å²) in [5, 5.41) is 8.22. The lowest BCUT2D eigenvalue weighted by Gasteiger charge is -2.04. The number of hydrogen-bond donors (Lipinski definition) is 1. The van der Waals surface area contributed by atoms with E-state index in [2.05, 4.69) is 22.6 Å². The first kappa shape index (κ1) is 18.9. The molecule has 4 rings (SSSR count). The molecule has 0 aliphatic carbocycles. The van der Waals surface area contributed by atoms with E-state index >= 15 is 0 Å². The van der Waals surface area contributed by atoms with Crippen molar-refractivity contribution in [1.82, 2.24) is 20.1 Å². The number of rotatable bonds is 6. The fourth-order valence-electron chi connectivity index (χ4n) is 2.87. The van der Waals surface area contributed by atoms with Gasteiger partial charge in [0.25, 0.3) is 0 Å². The molecule has 0 saturated carbocycles. The van der Waals surface area contributed by atoms with E-state index in [0.717, 1.165) is 40.6 Å². The number of nitrogens with zero attached hydrogens (tertiary/aromatic N) is 3. The molecule has 3 aromatic heterocycles. The summed E-state index contributed by atoms with van der Waals surface area (Å²) < 4.78 is 7.71. The minimum atomic E-state index is 0. The van der Waals surface area contributed by atoms with E-state index in [0.29, 0.717) is 6.54 Å². The molecule has 5 nitrogen and oxygen atoms in total. The van der Waals surface area contributed by atoms with E-state index in [4.69, 9.17) is 9.52 Å². The number of aryl methyl sites for hydroxylation is 1. The van der Waals surface area contributed by atoms with Crippen molar-refractivity contribution in [3.8, 4) is 17.1 Å². The Bertz CT molecular complexity index is 980. The average Bonchev–Trinajstić information content (AvgIpc) is 3.30. The first-order chi connectivity index (χ1) is 12.8. The molecule has 0 atom stereocenters. The molecule has 138 valence electrons. The molecule has 1 N–H and O–H groups in total. The lowest BCUT2D eigenvalue weighted by molar-refractivity contribution is 0.544. The predicted octanol–water partition coefficient (Wildman–Crippen LogP) is 4.55. The fraction of sp³-hybridized carbons (Fsp3) is 0.143. The average molecular weight is 381 g/mol. The van der Waals surface area contributed by atoms with Gasteiger partial charge in [-0.25, -0.2) is 4.68 Å². The highest BCUT2D eigenvalue weighted by Crippen LogP contribution is 2.25. The molecule has 6 heteroatoms. The maximum absolute atomic E-state index is 5.81. The normalized spacial score (nSPS) is 10.6. The van der Waals surface area contributed by atoms with Gasteiger partial charge in [-0.15, -0.1) is 12.4 Å². The van der Waals surface area contributed by atoms with Crippen molar-refractivity contribution in [2.75, 3.05) is 0 Å². The molecule has 0 fully saturated rings. The van der Waals surface area contributed by atoms with E-state index in [1.165, 1.54) is 0 Å². The van der Waals surface area contributed by atoms with Crippen molar-refractivity contribution in [3.63, 3.8) is 0 Å². The summed E-state index contributed by atoms with van der Waals surface area (Å²) in [5.41, 5.74) is 4.13. The van der Waals surface area contributed by atoms with Crippen molar-refractivity contribution >= 4 is 12.4 Å². The Morgan fingerprint density at radius 1 is 1.00 bits per heavy atom. The largest absolute Gasteiger partial charge is 0.460 e. The zero-order valence-electron chi connectivity index (χ0n) is 15.0. The van der Waals surface area contributed by atoms with Gasteiger partial charge >= 0.3 is 0 Å². The van der Waals surface area contributed by atoms with Crippen molar-refractivity contribution in [2.24, 2.45) is 0 Å². The molecule has 0 amide bonds. The van der Waals surface area contributed by atoms with Crippen LogP contribution in [0.15, 0.2) is 77.6 Å². The summed E-state index contributed by atoms with van der Waals surface area (Å²) in [6.45, 7) is 3.38. The van der Waals surface area contributed by atoms with E-state index in [9.17, 15) is 0 Å². The second kappa shape index (κ2) is 8.66. The van der Waals surface area contributed by atoms with Crippen LogP contribution in [0.3, 0.4) is 0 Å². The van der Waals surface area contributed by atoms with Gasteiger partial charge in [0.15, 0.2) is 5.76 Å². The van der Waals surface area contributed by atoms with E-state index < -0.39 is 0 Å². The first-order valence-corrected chi connectivity index (χ1v) is 8.60. The van der Waals surface area contributed by atoms with Crippen LogP contribution in [0.5, 0.6) is 0 Å². The van der Waals surface area contributed by atoms with Gasteiger partial charge in [-0.05, 0) is 42.8 Å². The topological polar surface area (TPSA) is 55.9 Å². The van der Waals surface area contributed by atoms with Crippen LogP contribution in [-0.4, -0.2) is 14.8 Å². The van der Waals surface area contributed by atoms with Crippen LogP contribution in [0.2, 0.25) is 0 Å². The second-order valence-electron chi connectivity index (χ2n) is 6.16. The van der Waals surface area contributed by atoms with Crippen LogP contribution in [-0.2, 0) is 13.1 Å². The summed E-state index contributed by atoms with van der Waals surface area (Å²) in [7, 11) is 0. The van der Waals surface area contributed by atoms with Gasteiger partial charge in [-0.3, -0.25) is 4.98 Å². The number of para-hydroxylation sites is 1. The third kappa shape index (κ3) is 4.45. The summed E-state index contributed by atoms with van der Waals surface area (Å²) >= 11 is 0. The van der Waals surface area contributed by atoms with Crippen molar-refractivity contribution < 1.29 is 4.42 Å². The Morgan fingerprint density at radius 2 is 1.85 bits per heavy atom. The Labute approximate surface area is 164 Å². The molecule has 0 radical (unpaired) electrons. The van der Waals surface area contributed by atoms with Crippen LogP contribution >= 0.6 is 12.4 Å². The van der Waals surface area contributed by atoms with Crippen LogP contribution in [0, 0.1) is 6.92 Å². The molecule has 4 aromatic rings. The first-order valence-electron chi connectivity index (χ1n) is 8.60. The molecule has 0 bridgehead atoms. The SMILES string of the molecule is Cc1ccc(-c2nn(-c3ccccc3)cc2CNCc2cccnc2)o1.Cl. The Kier molecular flexibility index (Phi) is 6.06. The van der Waals surface area contributed by atoms with Crippen molar-refractivity contribution in [3.05, 3.63) is 90.1 Å². The lowest BCUT2D eigenvalue weighted by Crippen LogP contribution is -2.12. The highest BCUT2D eigenvalue weighted by Gasteiger charge is 2.15. The lowest BCUT2D eigenvalue weighted by atomic mass is 10.2. The predicted molar refractivity (Wildman–Crippen MR) is 108 cm³/mol. The number of aromatic nitrogens is 3. The molecular weight excluding hydrogens is 360 g/mol. The maximum Gasteiger partial charge on any atom is 0.154 e. The molecule has 0 aliphatic rings. The minimum Gasteiger partial charge on any atom is -0.460 e. The summed E-state index contributed by atoms with van der Waals surface area (Å²) in [5.74, 6) is 1.67. The standard InChI is InChI=1S/C21H20N4O.ClH/c1-16-9-10-20(26-16)21-18(14-23-13-17-6-5-11-22-12-17)15-25(24-21)19-7-3-2-4-8-19;/h2-12,15,23H,13-14H2,1H3;1H. The Balaban J connectivity index is 0.00000210. The quantitative estimate of drug-likeness (QED) is 0.533. The van der Waals surface area contributed by atoms with Crippen LogP contribution < -0.4 is 5.32 Å². The zero-order valence-corrected chi connectivity index (χ0v) is 15.8. The molecule has 27 heavy (non-hydrogen) atoms.